The Hall–Kier alpha value is -3.50. The van der Waals surface area contributed by atoms with Crippen LogP contribution in [0.3, 0.4) is 0 Å². The van der Waals surface area contributed by atoms with E-state index in [9.17, 15) is 27.6 Å². The Morgan fingerprint density at radius 3 is 2.46 bits per heavy atom. The summed E-state index contributed by atoms with van der Waals surface area (Å²) in [7, 11) is 1.44. The molecule has 2 N–H and O–H groups in total. The van der Waals surface area contributed by atoms with Gasteiger partial charge < -0.3 is 14.5 Å². The molecule has 0 unspecified atom stereocenters. The lowest BCUT2D eigenvalue weighted by atomic mass is 10.1. The Morgan fingerprint density at radius 1 is 1.25 bits per heavy atom. The number of urea groups is 1. The Labute approximate surface area is 156 Å². The largest absolute Gasteiger partial charge is 0.497 e. The van der Waals surface area contributed by atoms with Crippen molar-refractivity contribution in [2.45, 2.75) is 18.4 Å². The van der Waals surface area contributed by atoms with Gasteiger partial charge in [-0.05, 0) is 29.8 Å². The van der Waals surface area contributed by atoms with Crippen molar-refractivity contribution in [3.8, 4) is 5.75 Å². The number of nitrogens with zero attached hydrogens (tertiary/aromatic N) is 1. The van der Waals surface area contributed by atoms with Crippen molar-refractivity contribution in [2.24, 2.45) is 0 Å². The van der Waals surface area contributed by atoms with Crippen molar-refractivity contribution in [1.82, 2.24) is 15.5 Å². The minimum absolute atomic E-state index is 0.373. The van der Waals surface area contributed by atoms with Crippen LogP contribution >= 0.6 is 0 Å². The number of ether oxygens (including phenoxy) is 1. The molecule has 1 fully saturated rings. The smallest absolute Gasteiger partial charge is 0.440 e. The number of halogens is 3. The van der Waals surface area contributed by atoms with Crippen molar-refractivity contribution in [1.29, 1.82) is 0 Å². The fraction of sp³-hybridized carbons (Fsp3) is 0.235. The van der Waals surface area contributed by atoms with Gasteiger partial charge in [0.05, 0.1) is 19.9 Å². The number of imide groups is 1. The zero-order chi connectivity index (χ0) is 20.5. The lowest BCUT2D eigenvalue weighted by molar-refractivity contribution is -0.200. The van der Waals surface area contributed by atoms with Gasteiger partial charge in [0.15, 0.2) is 5.76 Å². The topological polar surface area (TPSA) is 101 Å². The third-order valence-electron chi connectivity index (χ3n) is 4.08. The first-order chi connectivity index (χ1) is 13.2. The maximum atomic E-state index is 13.7. The molecule has 28 heavy (non-hydrogen) atoms. The number of hydrogen-bond acceptors (Lipinski definition) is 5. The number of carbonyl (C=O) groups excluding carboxylic acids is 3. The van der Waals surface area contributed by atoms with Crippen LogP contribution in [0.4, 0.5) is 18.0 Å². The van der Waals surface area contributed by atoms with E-state index in [4.69, 9.17) is 9.15 Å². The molecule has 0 aliphatic carbocycles. The van der Waals surface area contributed by atoms with E-state index in [1.165, 1.54) is 37.4 Å². The van der Waals surface area contributed by atoms with Crippen LogP contribution in [-0.2, 0) is 11.3 Å². The second kappa shape index (κ2) is 6.91. The maximum Gasteiger partial charge on any atom is 0.440 e. The number of carbonyl (C=O) groups is 3. The number of furan rings is 1. The van der Waals surface area contributed by atoms with Gasteiger partial charge in [-0.25, -0.2) is 4.79 Å². The van der Waals surface area contributed by atoms with E-state index in [2.05, 4.69) is 0 Å². The van der Waals surface area contributed by atoms with E-state index in [0.717, 1.165) is 12.3 Å². The summed E-state index contributed by atoms with van der Waals surface area (Å²) in [5, 5.41) is 3.11. The van der Waals surface area contributed by atoms with Crippen molar-refractivity contribution < 1.29 is 36.7 Å². The molecule has 0 saturated carbocycles. The molecule has 1 atom stereocenters. The van der Waals surface area contributed by atoms with Crippen molar-refractivity contribution in [3.05, 3.63) is 54.0 Å². The normalized spacial score (nSPS) is 19.5. The van der Waals surface area contributed by atoms with Crippen LogP contribution in [0.1, 0.15) is 16.1 Å². The highest BCUT2D eigenvalue weighted by molar-refractivity contribution is 6.09. The minimum Gasteiger partial charge on any atom is -0.497 e. The molecule has 2 heterocycles. The van der Waals surface area contributed by atoms with Crippen molar-refractivity contribution >= 4 is 17.8 Å². The fourth-order valence-electron chi connectivity index (χ4n) is 2.62. The van der Waals surface area contributed by atoms with Crippen LogP contribution in [0.25, 0.3) is 0 Å². The predicted molar refractivity (Wildman–Crippen MR) is 87.0 cm³/mol. The molecule has 0 spiro atoms. The lowest BCUT2D eigenvalue weighted by Gasteiger charge is -2.29. The summed E-state index contributed by atoms with van der Waals surface area (Å²) in [5.74, 6) is -2.90. The van der Waals surface area contributed by atoms with Crippen LogP contribution in [0.15, 0.2) is 47.1 Å². The average molecular weight is 397 g/mol. The number of rotatable bonds is 5. The molecule has 1 aliphatic heterocycles. The van der Waals surface area contributed by atoms with E-state index in [1.807, 2.05) is 0 Å². The van der Waals surface area contributed by atoms with Gasteiger partial charge in [-0.2, -0.15) is 13.2 Å². The molecule has 2 aromatic rings. The zero-order valence-electron chi connectivity index (χ0n) is 14.4. The number of hydrogen-bond donors (Lipinski definition) is 2. The zero-order valence-corrected chi connectivity index (χ0v) is 14.4. The molecule has 11 heteroatoms. The van der Waals surface area contributed by atoms with Gasteiger partial charge in [-0.1, -0.05) is 12.1 Å². The number of amides is 4. The molecule has 4 amide bonds. The summed E-state index contributed by atoms with van der Waals surface area (Å²) in [4.78, 5) is 37.1. The highest BCUT2D eigenvalue weighted by Gasteiger charge is 2.68. The number of methoxy groups -OCH3 is 1. The minimum atomic E-state index is -5.29. The number of nitrogens with one attached hydrogen (secondary N) is 2. The summed E-state index contributed by atoms with van der Waals surface area (Å²) in [6.07, 6.45) is -4.21. The molecule has 1 saturated heterocycles. The first-order valence-corrected chi connectivity index (χ1v) is 7.88. The number of alkyl halides is 3. The van der Waals surface area contributed by atoms with E-state index >= 15 is 0 Å². The van der Waals surface area contributed by atoms with Crippen LogP contribution in [0.5, 0.6) is 5.75 Å². The molecular formula is C17H14F3N3O5. The molecule has 0 radical (unpaired) electrons. The lowest BCUT2D eigenvalue weighted by Crippen LogP contribution is -2.69. The van der Waals surface area contributed by atoms with E-state index in [0.29, 0.717) is 16.2 Å². The first kappa shape index (κ1) is 19.3. The summed E-state index contributed by atoms with van der Waals surface area (Å²) in [6.45, 7) is -0.427. The van der Waals surface area contributed by atoms with Gasteiger partial charge in [0, 0.05) is 0 Å². The molecule has 1 aromatic carbocycles. The van der Waals surface area contributed by atoms with Crippen LogP contribution in [0, 0.1) is 0 Å². The summed E-state index contributed by atoms with van der Waals surface area (Å²) in [6, 6.07) is 7.17. The Kier molecular flexibility index (Phi) is 4.75. The third-order valence-corrected chi connectivity index (χ3v) is 4.08. The van der Waals surface area contributed by atoms with Gasteiger partial charge in [0.2, 0.25) is 0 Å². The van der Waals surface area contributed by atoms with E-state index in [-0.39, 0.29) is 0 Å². The molecular weight excluding hydrogens is 383 g/mol. The number of benzene rings is 1. The fourth-order valence-corrected chi connectivity index (χ4v) is 2.62. The quantitative estimate of drug-likeness (QED) is 0.752. The van der Waals surface area contributed by atoms with Gasteiger partial charge >= 0.3 is 12.2 Å². The Morgan fingerprint density at radius 2 is 1.93 bits per heavy atom. The standard InChI is InChI=1S/C17H14F3N3O5/c1-27-11-6-4-10(5-7-11)9-23-14(25)16(17(18,19)20,22-15(23)26)21-13(24)12-3-2-8-28-12/h2-8H,9H2,1H3,(H,21,24)(H,22,26)/t16-/m1/s1. The third kappa shape index (κ3) is 3.26. The molecule has 1 aliphatic rings. The highest BCUT2D eigenvalue weighted by Crippen LogP contribution is 2.34. The van der Waals surface area contributed by atoms with Crippen molar-refractivity contribution in [3.63, 3.8) is 0 Å². The summed E-state index contributed by atoms with van der Waals surface area (Å²) >= 11 is 0. The summed E-state index contributed by atoms with van der Waals surface area (Å²) in [5.41, 5.74) is -3.21. The van der Waals surface area contributed by atoms with E-state index in [1.54, 1.807) is 10.6 Å². The van der Waals surface area contributed by atoms with Gasteiger partial charge in [-0.3, -0.25) is 19.8 Å². The molecule has 1 aromatic heterocycles. The van der Waals surface area contributed by atoms with Gasteiger partial charge in [0.1, 0.15) is 5.75 Å². The summed E-state index contributed by atoms with van der Waals surface area (Å²) < 4.78 is 50.9. The monoisotopic (exact) mass is 397 g/mol. The Balaban J connectivity index is 1.88. The van der Waals surface area contributed by atoms with Crippen LogP contribution in [0.2, 0.25) is 0 Å². The maximum absolute atomic E-state index is 13.7. The second-order valence-electron chi connectivity index (χ2n) is 5.85. The molecule has 8 nitrogen and oxygen atoms in total. The molecule has 0 bridgehead atoms. The highest BCUT2D eigenvalue weighted by atomic mass is 19.4. The van der Waals surface area contributed by atoms with Crippen molar-refractivity contribution in [2.75, 3.05) is 7.11 Å². The SMILES string of the molecule is COc1ccc(CN2C(=O)N[C@@](NC(=O)c3ccco3)(C(F)(F)F)C2=O)cc1. The van der Waals surface area contributed by atoms with Gasteiger partial charge in [-0.15, -0.1) is 0 Å². The van der Waals surface area contributed by atoms with E-state index < -0.39 is 42.0 Å². The van der Waals surface area contributed by atoms with Gasteiger partial charge in [0.25, 0.3) is 17.5 Å². The average Bonchev–Trinajstić information content (AvgIpc) is 3.26. The molecule has 148 valence electrons. The predicted octanol–water partition coefficient (Wildman–Crippen LogP) is 2.03. The molecule has 3 rings (SSSR count). The first-order valence-electron chi connectivity index (χ1n) is 7.88. The Bertz CT molecular complexity index is 896. The van der Waals surface area contributed by atoms with Crippen LogP contribution in [-0.4, -0.2) is 41.7 Å². The second-order valence-corrected chi connectivity index (χ2v) is 5.85. The van der Waals surface area contributed by atoms with Crippen LogP contribution < -0.4 is 15.4 Å².